The number of hydrogen-bond acceptors (Lipinski definition) is 2. The largest absolute Gasteiger partial charge is 0.348 e. The number of carbonyl (C=O) groups is 1. The van der Waals surface area contributed by atoms with E-state index in [4.69, 9.17) is 0 Å². The van der Waals surface area contributed by atoms with Crippen molar-refractivity contribution in [3.63, 3.8) is 0 Å². The Morgan fingerprint density at radius 1 is 1.38 bits per heavy atom. The molecule has 7 heteroatoms. The molecule has 1 aliphatic carbocycles. The topological polar surface area (TPSA) is 42.0 Å². The minimum Gasteiger partial charge on any atom is -0.348 e. The van der Waals surface area contributed by atoms with Gasteiger partial charge in [0.2, 0.25) is 5.91 Å². The average Bonchev–Trinajstić information content (AvgIpc) is 2.52. The molecule has 0 aliphatic heterocycles. The maximum Gasteiger partial charge on any atom is 0.217 e. The maximum absolute atomic E-state index is 13.5. The fraction of sp³-hybridized carbons (Fsp3) is 0.412. The van der Waals surface area contributed by atoms with Crippen molar-refractivity contribution in [3.05, 3.63) is 41.6 Å². The van der Waals surface area contributed by atoms with Crippen LogP contribution in [0.3, 0.4) is 0 Å². The molecule has 1 amide bonds. The number of allylic oxidation sites excluding steroid dienone is 4. The first-order chi connectivity index (χ1) is 11.4. The van der Waals surface area contributed by atoms with Gasteiger partial charge in [-0.2, -0.15) is 0 Å². The summed E-state index contributed by atoms with van der Waals surface area (Å²) in [5.41, 5.74) is 2.41. The van der Waals surface area contributed by atoms with Crippen LogP contribution in [0.4, 0.5) is 8.78 Å². The molecule has 24 heavy (non-hydrogen) atoms. The SMILES string of the molecule is C[B]c1ccc([B]C)c([C@H](CC2C=C(F)C=C(F)C2)NC(C)=O)n1. The fourth-order valence-electron chi connectivity index (χ4n) is 2.92. The van der Waals surface area contributed by atoms with Gasteiger partial charge >= 0.3 is 0 Å². The molecule has 0 saturated heterocycles. The third-order valence-corrected chi connectivity index (χ3v) is 3.98. The molecule has 1 aromatic rings. The van der Waals surface area contributed by atoms with Crippen molar-refractivity contribution < 1.29 is 13.6 Å². The van der Waals surface area contributed by atoms with Gasteiger partial charge < -0.3 is 5.32 Å². The van der Waals surface area contributed by atoms with E-state index in [0.717, 1.165) is 17.1 Å². The molecule has 0 saturated carbocycles. The number of aromatic nitrogens is 1. The lowest BCUT2D eigenvalue weighted by Crippen LogP contribution is -2.36. The zero-order valence-corrected chi connectivity index (χ0v) is 14.1. The molecule has 1 aliphatic rings. The zero-order chi connectivity index (χ0) is 17.7. The Kier molecular flexibility index (Phi) is 6.35. The van der Waals surface area contributed by atoms with Crippen LogP contribution in [0.5, 0.6) is 0 Å². The highest BCUT2D eigenvalue weighted by Crippen LogP contribution is 2.30. The van der Waals surface area contributed by atoms with Crippen molar-refractivity contribution >= 4 is 31.5 Å². The summed E-state index contributed by atoms with van der Waals surface area (Å²) in [5.74, 6) is -1.58. The van der Waals surface area contributed by atoms with E-state index in [1.54, 1.807) is 0 Å². The molecule has 3 nitrogen and oxygen atoms in total. The average molecular weight is 328 g/mol. The summed E-state index contributed by atoms with van der Waals surface area (Å²) >= 11 is 0. The van der Waals surface area contributed by atoms with E-state index >= 15 is 0 Å². The van der Waals surface area contributed by atoms with Crippen LogP contribution in [-0.2, 0) is 4.79 Å². The number of hydrogen-bond donors (Lipinski definition) is 1. The number of carbonyl (C=O) groups excluding carboxylic acids is 1. The van der Waals surface area contributed by atoms with Crippen LogP contribution in [0.1, 0.15) is 31.5 Å². The highest BCUT2D eigenvalue weighted by molar-refractivity contribution is 6.53. The van der Waals surface area contributed by atoms with Crippen molar-refractivity contribution in [2.75, 3.05) is 0 Å². The third-order valence-electron chi connectivity index (χ3n) is 3.98. The van der Waals surface area contributed by atoms with E-state index in [1.165, 1.54) is 13.0 Å². The van der Waals surface area contributed by atoms with Crippen molar-refractivity contribution in [2.24, 2.45) is 5.92 Å². The monoisotopic (exact) mass is 328 g/mol. The predicted octanol–water partition coefficient (Wildman–Crippen LogP) is 2.13. The lowest BCUT2D eigenvalue weighted by Gasteiger charge is -2.25. The Hall–Kier alpha value is -1.91. The number of nitrogens with one attached hydrogen (secondary N) is 1. The summed E-state index contributed by atoms with van der Waals surface area (Å²) in [6.45, 7) is 5.20. The van der Waals surface area contributed by atoms with E-state index in [2.05, 4.69) is 10.3 Å². The van der Waals surface area contributed by atoms with E-state index in [1.807, 2.05) is 40.3 Å². The summed E-state index contributed by atoms with van der Waals surface area (Å²) in [6.07, 6.45) is 2.83. The highest BCUT2D eigenvalue weighted by Gasteiger charge is 2.24. The molecule has 0 spiro atoms. The molecule has 2 atom stereocenters. The molecular formula is C17H20B2F2N2O. The molecule has 0 bridgehead atoms. The number of rotatable bonds is 6. The van der Waals surface area contributed by atoms with Gasteiger partial charge in [-0.05, 0) is 24.0 Å². The predicted molar refractivity (Wildman–Crippen MR) is 94.4 cm³/mol. The number of nitrogens with zero attached hydrogens (tertiary/aromatic N) is 1. The first kappa shape index (κ1) is 18.4. The van der Waals surface area contributed by atoms with E-state index in [0.29, 0.717) is 12.1 Å². The zero-order valence-electron chi connectivity index (χ0n) is 14.1. The molecular weight excluding hydrogens is 308 g/mol. The molecule has 0 fully saturated rings. The number of halogens is 2. The van der Waals surface area contributed by atoms with E-state index in [-0.39, 0.29) is 18.2 Å². The van der Waals surface area contributed by atoms with Crippen LogP contribution in [0.2, 0.25) is 13.6 Å². The van der Waals surface area contributed by atoms with Gasteiger partial charge in [-0.25, -0.2) is 8.78 Å². The Labute approximate surface area is 143 Å². The smallest absolute Gasteiger partial charge is 0.217 e. The summed E-state index contributed by atoms with van der Waals surface area (Å²) in [7, 11) is 3.78. The van der Waals surface area contributed by atoms with Gasteiger partial charge in [0.15, 0.2) is 14.6 Å². The highest BCUT2D eigenvalue weighted by atomic mass is 19.1. The van der Waals surface area contributed by atoms with Crippen molar-refractivity contribution in [1.29, 1.82) is 0 Å². The van der Waals surface area contributed by atoms with Crippen LogP contribution in [0, 0.1) is 5.92 Å². The summed E-state index contributed by atoms with van der Waals surface area (Å²) in [5, 5.41) is 2.87. The molecule has 0 aromatic carbocycles. The summed E-state index contributed by atoms with van der Waals surface area (Å²) in [6, 6.07) is 3.42. The van der Waals surface area contributed by atoms with Gasteiger partial charge in [-0.15, -0.1) is 0 Å². The van der Waals surface area contributed by atoms with Crippen LogP contribution < -0.4 is 16.4 Å². The quantitative estimate of drug-likeness (QED) is 0.813. The minimum atomic E-state index is -0.573. The first-order valence-electron chi connectivity index (χ1n) is 8.03. The second kappa shape index (κ2) is 8.27. The maximum atomic E-state index is 13.5. The molecule has 1 unspecified atom stereocenters. The Morgan fingerprint density at radius 3 is 2.71 bits per heavy atom. The first-order valence-corrected chi connectivity index (χ1v) is 8.03. The molecule has 1 heterocycles. The number of amides is 1. The standard InChI is InChI=1S/C17H20B2F2N2O/c1-10(24)22-15(8-11-6-12(20)9-13(21)7-11)17-14(18-2)4-5-16(19-3)23-17/h4-6,9,11,15H,7-8H2,1-3H3,(H,22,24)/t11?,15-/m0/s1. The van der Waals surface area contributed by atoms with Gasteiger partial charge in [0.25, 0.3) is 0 Å². The summed E-state index contributed by atoms with van der Waals surface area (Å²) < 4.78 is 27.0. The van der Waals surface area contributed by atoms with Crippen molar-refractivity contribution in [1.82, 2.24) is 10.3 Å². The normalized spacial score (nSPS) is 18.3. The number of pyridine rings is 1. The van der Waals surface area contributed by atoms with Gasteiger partial charge in [0, 0.05) is 19.4 Å². The van der Waals surface area contributed by atoms with Crippen LogP contribution >= 0.6 is 0 Å². The van der Waals surface area contributed by atoms with Crippen molar-refractivity contribution in [2.45, 2.75) is 39.5 Å². The third kappa shape index (κ3) is 4.79. The Bertz CT molecular complexity index is 677. The minimum absolute atomic E-state index is 0.133. The van der Waals surface area contributed by atoms with Gasteiger partial charge in [0.05, 0.1) is 11.7 Å². The molecule has 2 rings (SSSR count). The Morgan fingerprint density at radius 2 is 2.12 bits per heavy atom. The van der Waals surface area contributed by atoms with Crippen LogP contribution in [-0.4, -0.2) is 25.5 Å². The lowest BCUT2D eigenvalue weighted by molar-refractivity contribution is -0.119. The van der Waals surface area contributed by atoms with Gasteiger partial charge in [-0.1, -0.05) is 31.2 Å². The second-order valence-electron chi connectivity index (χ2n) is 5.88. The molecule has 1 aromatic heterocycles. The summed E-state index contributed by atoms with van der Waals surface area (Å²) in [4.78, 5) is 16.2. The molecule has 1 N–H and O–H groups in total. The fourth-order valence-corrected chi connectivity index (χ4v) is 2.92. The van der Waals surface area contributed by atoms with E-state index in [9.17, 15) is 13.6 Å². The lowest BCUT2D eigenvalue weighted by atomic mass is 9.69. The van der Waals surface area contributed by atoms with Crippen LogP contribution in [0.15, 0.2) is 35.9 Å². The van der Waals surface area contributed by atoms with Gasteiger partial charge in [0.1, 0.15) is 11.7 Å². The Balaban J connectivity index is 2.32. The second-order valence-corrected chi connectivity index (χ2v) is 5.88. The van der Waals surface area contributed by atoms with Crippen molar-refractivity contribution in [3.8, 4) is 0 Å². The van der Waals surface area contributed by atoms with E-state index < -0.39 is 17.7 Å². The van der Waals surface area contributed by atoms with Gasteiger partial charge in [-0.3, -0.25) is 9.78 Å². The van der Waals surface area contributed by atoms with Crippen LogP contribution in [0.25, 0.3) is 0 Å². The molecule has 2 radical (unpaired) electrons. The molecule has 124 valence electrons.